The van der Waals surface area contributed by atoms with Gasteiger partial charge in [-0.25, -0.2) is 4.98 Å². The van der Waals surface area contributed by atoms with Crippen LogP contribution < -0.4 is 0 Å². The molecule has 0 N–H and O–H groups in total. The van der Waals surface area contributed by atoms with Crippen molar-refractivity contribution in [1.82, 2.24) is 9.55 Å². The molecule has 76 valence electrons. The molecule has 2 heterocycles. The van der Waals surface area contributed by atoms with E-state index in [9.17, 15) is 10.1 Å². The lowest BCUT2D eigenvalue weighted by Crippen LogP contribution is -2.11. The first-order valence-electron chi connectivity index (χ1n) is 4.50. The molecule has 0 amide bonds. The molecule has 0 aliphatic carbocycles. The van der Waals surface area contributed by atoms with Crippen molar-refractivity contribution in [1.29, 1.82) is 0 Å². The van der Waals surface area contributed by atoms with Crippen molar-refractivity contribution in [2.45, 2.75) is 26.0 Å². The van der Waals surface area contributed by atoms with Gasteiger partial charge in [0.1, 0.15) is 6.20 Å². The van der Waals surface area contributed by atoms with E-state index in [-0.39, 0.29) is 12.0 Å². The molecule has 0 spiro atoms. The highest BCUT2D eigenvalue weighted by Gasteiger charge is 2.29. The summed E-state index contributed by atoms with van der Waals surface area (Å²) in [4.78, 5) is 14.2. The Morgan fingerprint density at radius 3 is 3.14 bits per heavy atom. The second-order valence-corrected chi connectivity index (χ2v) is 3.26. The quantitative estimate of drug-likeness (QED) is 0.530. The molecule has 6 heteroatoms. The predicted octanol–water partition coefficient (Wildman–Crippen LogP) is 1.41. The Hall–Kier alpha value is -1.43. The Balaban J connectivity index is 2.38. The summed E-state index contributed by atoms with van der Waals surface area (Å²) in [7, 11) is 0. The average molecular weight is 197 g/mol. The third-order valence-electron chi connectivity index (χ3n) is 2.34. The van der Waals surface area contributed by atoms with Crippen molar-refractivity contribution in [2.24, 2.45) is 0 Å². The fraction of sp³-hybridized carbons (Fsp3) is 0.625. The van der Waals surface area contributed by atoms with Crippen LogP contribution in [0.15, 0.2) is 6.20 Å². The van der Waals surface area contributed by atoms with E-state index in [0.717, 1.165) is 12.8 Å². The van der Waals surface area contributed by atoms with Gasteiger partial charge in [0.15, 0.2) is 5.82 Å². The number of imidazole rings is 1. The number of nitro groups is 1. The third kappa shape index (κ3) is 1.37. The third-order valence-corrected chi connectivity index (χ3v) is 2.34. The van der Waals surface area contributed by atoms with Gasteiger partial charge in [0.2, 0.25) is 6.23 Å². The summed E-state index contributed by atoms with van der Waals surface area (Å²) >= 11 is 0. The van der Waals surface area contributed by atoms with E-state index >= 15 is 0 Å². The smallest absolute Gasteiger partial charge is 0.345 e. The second-order valence-electron chi connectivity index (χ2n) is 3.26. The van der Waals surface area contributed by atoms with E-state index in [1.54, 1.807) is 11.5 Å². The molecular weight excluding hydrogens is 186 g/mol. The van der Waals surface area contributed by atoms with Crippen molar-refractivity contribution >= 4 is 5.82 Å². The molecule has 0 saturated carbocycles. The summed E-state index contributed by atoms with van der Waals surface area (Å²) in [5.74, 6) is 0.637. The van der Waals surface area contributed by atoms with Gasteiger partial charge in [-0.3, -0.25) is 0 Å². The van der Waals surface area contributed by atoms with E-state index in [1.807, 2.05) is 0 Å². The van der Waals surface area contributed by atoms with Gasteiger partial charge in [-0.15, -0.1) is 0 Å². The fourth-order valence-electron chi connectivity index (χ4n) is 1.70. The van der Waals surface area contributed by atoms with Crippen LogP contribution in [0, 0.1) is 17.0 Å². The highest BCUT2D eigenvalue weighted by Crippen LogP contribution is 2.28. The van der Waals surface area contributed by atoms with Gasteiger partial charge in [0.25, 0.3) is 0 Å². The summed E-state index contributed by atoms with van der Waals surface area (Å²) in [5, 5.41) is 10.7. The number of nitrogens with zero attached hydrogens (tertiary/aromatic N) is 3. The molecule has 1 aromatic heterocycles. The van der Waals surface area contributed by atoms with Crippen LogP contribution in [0.1, 0.15) is 24.9 Å². The Bertz CT molecular complexity index is 355. The van der Waals surface area contributed by atoms with E-state index in [2.05, 4.69) is 4.98 Å². The van der Waals surface area contributed by atoms with Crippen LogP contribution >= 0.6 is 0 Å². The number of aromatic nitrogens is 2. The zero-order chi connectivity index (χ0) is 10.1. The van der Waals surface area contributed by atoms with Crippen molar-refractivity contribution in [2.75, 3.05) is 6.61 Å². The molecular formula is C8H11N3O3. The lowest BCUT2D eigenvalue weighted by molar-refractivity contribution is -0.393. The maximum absolute atomic E-state index is 10.7. The van der Waals surface area contributed by atoms with Gasteiger partial charge in [-0.05, 0) is 11.3 Å². The zero-order valence-corrected chi connectivity index (χ0v) is 7.84. The van der Waals surface area contributed by atoms with Gasteiger partial charge in [-0.2, -0.15) is 4.57 Å². The molecule has 14 heavy (non-hydrogen) atoms. The van der Waals surface area contributed by atoms with Gasteiger partial charge in [0, 0.05) is 13.3 Å². The van der Waals surface area contributed by atoms with Crippen LogP contribution in [0.5, 0.6) is 0 Å². The van der Waals surface area contributed by atoms with Crippen LogP contribution in [0.2, 0.25) is 0 Å². The maximum atomic E-state index is 10.7. The minimum Gasteiger partial charge on any atom is -0.358 e. The summed E-state index contributed by atoms with van der Waals surface area (Å²) in [6, 6.07) is 0. The summed E-state index contributed by atoms with van der Waals surface area (Å²) in [6.45, 7) is 2.41. The molecule has 2 rings (SSSR count). The van der Waals surface area contributed by atoms with E-state index in [1.165, 1.54) is 6.20 Å². The van der Waals surface area contributed by atoms with Gasteiger partial charge in [-0.1, -0.05) is 0 Å². The number of hydrogen-bond acceptors (Lipinski definition) is 4. The Morgan fingerprint density at radius 2 is 2.57 bits per heavy atom. The predicted molar refractivity (Wildman–Crippen MR) is 47.8 cm³/mol. The lowest BCUT2D eigenvalue weighted by atomic mass is 10.3. The van der Waals surface area contributed by atoms with Crippen LogP contribution in [0.3, 0.4) is 0 Å². The minimum atomic E-state index is -0.429. The van der Waals surface area contributed by atoms with Crippen LogP contribution in [-0.4, -0.2) is 21.1 Å². The number of hydrogen-bond donors (Lipinski definition) is 0. The first-order chi connectivity index (χ1) is 6.70. The monoisotopic (exact) mass is 197 g/mol. The summed E-state index contributed by atoms with van der Waals surface area (Å²) in [6.07, 6.45) is 2.83. The molecule has 1 aromatic rings. The van der Waals surface area contributed by atoms with Gasteiger partial charge < -0.3 is 14.9 Å². The summed E-state index contributed by atoms with van der Waals surface area (Å²) in [5.41, 5.74) is 0. The van der Waals surface area contributed by atoms with Crippen LogP contribution in [0.4, 0.5) is 5.82 Å². The number of ether oxygens (including phenoxy) is 1. The van der Waals surface area contributed by atoms with Crippen LogP contribution in [-0.2, 0) is 4.74 Å². The zero-order valence-electron chi connectivity index (χ0n) is 7.84. The molecule has 1 atom stereocenters. The first kappa shape index (κ1) is 9.14. The van der Waals surface area contributed by atoms with Crippen molar-refractivity contribution in [3.8, 4) is 0 Å². The minimum absolute atomic E-state index is 0.00870. The molecule has 1 aliphatic rings. The van der Waals surface area contributed by atoms with E-state index in [0.29, 0.717) is 12.4 Å². The molecule has 1 aliphatic heterocycles. The van der Waals surface area contributed by atoms with Crippen molar-refractivity contribution in [3.63, 3.8) is 0 Å². The SMILES string of the molecule is Cc1ncc([N+](=O)[O-])n1C1CCCO1. The Kier molecular flexibility index (Phi) is 2.20. The molecule has 0 bridgehead atoms. The maximum Gasteiger partial charge on any atom is 0.345 e. The number of aryl methyl sites for hydroxylation is 1. The van der Waals surface area contributed by atoms with E-state index < -0.39 is 4.92 Å². The van der Waals surface area contributed by atoms with Gasteiger partial charge >= 0.3 is 5.82 Å². The molecule has 1 unspecified atom stereocenters. The molecule has 1 saturated heterocycles. The summed E-state index contributed by atoms with van der Waals surface area (Å²) < 4.78 is 6.94. The Morgan fingerprint density at radius 1 is 1.79 bits per heavy atom. The molecule has 0 radical (unpaired) electrons. The topological polar surface area (TPSA) is 70.2 Å². The Labute approximate surface area is 80.7 Å². The largest absolute Gasteiger partial charge is 0.358 e. The second kappa shape index (κ2) is 3.38. The standard InChI is InChI=1S/C8H11N3O3/c1-6-9-5-7(11(12)13)10(6)8-3-2-4-14-8/h5,8H,2-4H2,1H3. The molecule has 6 nitrogen and oxygen atoms in total. The number of rotatable bonds is 2. The van der Waals surface area contributed by atoms with Gasteiger partial charge in [0.05, 0.1) is 6.61 Å². The normalized spacial score (nSPS) is 21.4. The van der Waals surface area contributed by atoms with Crippen molar-refractivity contribution < 1.29 is 9.66 Å². The fourth-order valence-corrected chi connectivity index (χ4v) is 1.70. The molecule has 1 fully saturated rings. The highest BCUT2D eigenvalue weighted by atomic mass is 16.6. The molecule has 0 aromatic carbocycles. The van der Waals surface area contributed by atoms with Crippen LogP contribution in [0.25, 0.3) is 0 Å². The van der Waals surface area contributed by atoms with Crippen molar-refractivity contribution in [3.05, 3.63) is 22.1 Å². The first-order valence-corrected chi connectivity index (χ1v) is 4.50. The highest BCUT2D eigenvalue weighted by molar-refractivity contribution is 5.19. The van der Waals surface area contributed by atoms with E-state index in [4.69, 9.17) is 4.74 Å². The average Bonchev–Trinajstić information content (AvgIpc) is 2.71. The lowest BCUT2D eigenvalue weighted by Gasteiger charge is -2.08.